The summed E-state index contributed by atoms with van der Waals surface area (Å²) in [5.74, 6) is -0.989. The van der Waals surface area contributed by atoms with Crippen molar-refractivity contribution in [1.82, 2.24) is 4.98 Å². The molecule has 1 amide bonds. The van der Waals surface area contributed by atoms with Gasteiger partial charge >= 0.3 is 0 Å². The Kier molecular flexibility index (Phi) is 5.53. The molecule has 1 aliphatic rings. The summed E-state index contributed by atoms with van der Waals surface area (Å²) >= 11 is 0. The number of anilines is 1. The number of rotatable bonds is 4. The Morgan fingerprint density at radius 2 is 1.81 bits per heavy atom. The number of ether oxygens (including phenoxy) is 1. The van der Waals surface area contributed by atoms with Crippen LogP contribution in [0.25, 0.3) is 5.76 Å². The van der Waals surface area contributed by atoms with Crippen LogP contribution in [0.4, 0.5) is 5.69 Å². The molecule has 0 bridgehead atoms. The minimum Gasteiger partial charge on any atom is -0.507 e. The molecule has 0 radical (unpaired) electrons. The SMILES string of the molecule is COc1ccc(/C(O)=C2/C(=O)C(=O)N(c3cc(C)ccc3C)C2c2cccnc2)c(C)c1. The molecule has 1 unspecified atom stereocenters. The number of aryl methyl sites for hydroxylation is 3. The van der Waals surface area contributed by atoms with E-state index in [0.717, 1.165) is 16.7 Å². The number of Topliss-reactive ketones (excluding diaryl/α,β-unsaturated/α-hetero) is 1. The zero-order valence-electron chi connectivity index (χ0n) is 18.4. The number of aromatic nitrogens is 1. The van der Waals surface area contributed by atoms with E-state index in [1.165, 1.54) is 4.90 Å². The number of carbonyl (C=O) groups excluding carboxylic acids is 2. The Morgan fingerprint density at radius 1 is 1.03 bits per heavy atom. The van der Waals surface area contributed by atoms with Gasteiger partial charge in [0.15, 0.2) is 0 Å². The van der Waals surface area contributed by atoms with Crippen LogP contribution in [0.3, 0.4) is 0 Å². The van der Waals surface area contributed by atoms with Gasteiger partial charge in [-0.3, -0.25) is 19.5 Å². The summed E-state index contributed by atoms with van der Waals surface area (Å²) in [4.78, 5) is 32.2. The molecule has 3 aromatic rings. The second kappa shape index (κ2) is 8.30. The maximum absolute atomic E-state index is 13.3. The predicted molar refractivity (Wildman–Crippen MR) is 123 cm³/mol. The van der Waals surface area contributed by atoms with Crippen LogP contribution < -0.4 is 9.64 Å². The van der Waals surface area contributed by atoms with Crippen LogP contribution in [0, 0.1) is 20.8 Å². The number of hydrogen-bond acceptors (Lipinski definition) is 5. The van der Waals surface area contributed by atoms with Gasteiger partial charge in [-0.25, -0.2) is 0 Å². The molecule has 1 N–H and O–H groups in total. The molecule has 0 saturated carbocycles. The number of pyridine rings is 1. The largest absolute Gasteiger partial charge is 0.507 e. The van der Waals surface area contributed by atoms with E-state index in [1.807, 2.05) is 39.0 Å². The van der Waals surface area contributed by atoms with Crippen molar-refractivity contribution in [3.8, 4) is 5.75 Å². The summed E-state index contributed by atoms with van der Waals surface area (Å²) in [6, 6.07) is 13.7. The minimum atomic E-state index is -0.800. The van der Waals surface area contributed by atoms with E-state index in [2.05, 4.69) is 4.98 Å². The van der Waals surface area contributed by atoms with E-state index in [1.54, 1.807) is 49.8 Å². The van der Waals surface area contributed by atoms with Crippen LogP contribution in [-0.4, -0.2) is 28.9 Å². The van der Waals surface area contributed by atoms with E-state index < -0.39 is 17.7 Å². The highest BCUT2D eigenvalue weighted by Crippen LogP contribution is 2.43. The van der Waals surface area contributed by atoms with Gasteiger partial charge in [-0.2, -0.15) is 0 Å². The smallest absolute Gasteiger partial charge is 0.300 e. The van der Waals surface area contributed by atoms with Crippen LogP contribution in [0.5, 0.6) is 5.75 Å². The summed E-state index contributed by atoms with van der Waals surface area (Å²) in [5, 5.41) is 11.3. The first-order valence-corrected chi connectivity index (χ1v) is 10.3. The molecule has 32 heavy (non-hydrogen) atoms. The molecule has 1 saturated heterocycles. The molecule has 1 aliphatic heterocycles. The van der Waals surface area contributed by atoms with E-state index in [9.17, 15) is 14.7 Å². The Bertz CT molecular complexity index is 1250. The van der Waals surface area contributed by atoms with E-state index in [0.29, 0.717) is 22.6 Å². The van der Waals surface area contributed by atoms with Crippen molar-refractivity contribution in [3.05, 3.63) is 94.3 Å². The van der Waals surface area contributed by atoms with Crippen molar-refractivity contribution < 1.29 is 19.4 Å². The maximum atomic E-state index is 13.3. The summed E-state index contributed by atoms with van der Waals surface area (Å²) in [6.45, 7) is 5.64. The van der Waals surface area contributed by atoms with E-state index >= 15 is 0 Å². The fourth-order valence-corrected chi connectivity index (χ4v) is 4.09. The monoisotopic (exact) mass is 428 g/mol. The minimum absolute atomic E-state index is 0.0390. The third-order valence-corrected chi connectivity index (χ3v) is 5.76. The number of benzene rings is 2. The van der Waals surface area contributed by atoms with Gasteiger partial charge in [0.05, 0.1) is 18.7 Å². The summed E-state index contributed by atoms with van der Waals surface area (Å²) < 4.78 is 5.25. The first-order chi connectivity index (χ1) is 15.3. The average molecular weight is 428 g/mol. The number of ketones is 1. The average Bonchev–Trinajstić information content (AvgIpc) is 3.06. The van der Waals surface area contributed by atoms with Crippen LogP contribution in [0.15, 0.2) is 66.5 Å². The van der Waals surface area contributed by atoms with Crippen LogP contribution in [0.2, 0.25) is 0 Å². The molecule has 6 nitrogen and oxygen atoms in total. The van der Waals surface area contributed by atoms with Crippen molar-refractivity contribution in [2.45, 2.75) is 26.8 Å². The first kappa shape index (κ1) is 21.3. The van der Waals surface area contributed by atoms with Crippen molar-refractivity contribution in [1.29, 1.82) is 0 Å². The number of amides is 1. The second-order valence-corrected chi connectivity index (χ2v) is 7.93. The third-order valence-electron chi connectivity index (χ3n) is 5.76. The Balaban J connectivity index is 1.97. The molecule has 6 heteroatoms. The summed E-state index contributed by atoms with van der Waals surface area (Å²) in [5.41, 5.74) is 4.32. The Labute approximate surface area is 186 Å². The van der Waals surface area contributed by atoms with E-state index in [-0.39, 0.29) is 11.3 Å². The zero-order chi connectivity index (χ0) is 23.0. The summed E-state index contributed by atoms with van der Waals surface area (Å²) in [6.07, 6.45) is 3.24. The van der Waals surface area contributed by atoms with Crippen molar-refractivity contribution in [2.75, 3.05) is 12.0 Å². The molecular weight excluding hydrogens is 404 g/mol. The molecule has 2 heterocycles. The van der Waals surface area contributed by atoms with Crippen LogP contribution in [0.1, 0.15) is 33.9 Å². The molecule has 0 spiro atoms. The van der Waals surface area contributed by atoms with Crippen LogP contribution >= 0.6 is 0 Å². The van der Waals surface area contributed by atoms with Gasteiger partial charge in [-0.15, -0.1) is 0 Å². The highest BCUT2D eigenvalue weighted by molar-refractivity contribution is 6.51. The zero-order valence-corrected chi connectivity index (χ0v) is 18.4. The van der Waals surface area contributed by atoms with Gasteiger partial charge in [0.25, 0.3) is 11.7 Å². The van der Waals surface area contributed by atoms with E-state index in [4.69, 9.17) is 4.74 Å². The highest BCUT2D eigenvalue weighted by Gasteiger charge is 2.47. The second-order valence-electron chi connectivity index (χ2n) is 7.93. The molecular formula is C26H24N2O4. The third kappa shape index (κ3) is 3.54. The van der Waals surface area contributed by atoms with Gasteiger partial charge in [0.1, 0.15) is 11.5 Å². The molecule has 2 aromatic carbocycles. The highest BCUT2D eigenvalue weighted by atomic mass is 16.5. The lowest BCUT2D eigenvalue weighted by Gasteiger charge is -2.27. The number of aliphatic hydroxyl groups excluding tert-OH is 1. The van der Waals surface area contributed by atoms with Crippen molar-refractivity contribution >= 4 is 23.1 Å². The number of methoxy groups -OCH3 is 1. The standard InChI is InChI=1S/C26H24N2O4/c1-15-7-8-16(2)21(12-15)28-23(18-6-5-11-27-14-18)22(25(30)26(28)31)24(29)20-10-9-19(32-4)13-17(20)3/h5-14,23,29H,1-4H3/b24-22-. The quantitative estimate of drug-likeness (QED) is 0.372. The lowest BCUT2D eigenvalue weighted by molar-refractivity contribution is -0.132. The van der Waals surface area contributed by atoms with Gasteiger partial charge in [0, 0.05) is 23.6 Å². The van der Waals surface area contributed by atoms with Crippen molar-refractivity contribution in [2.24, 2.45) is 0 Å². The lowest BCUT2D eigenvalue weighted by atomic mass is 9.94. The predicted octanol–water partition coefficient (Wildman–Crippen LogP) is 4.64. The van der Waals surface area contributed by atoms with Gasteiger partial charge < -0.3 is 9.84 Å². The number of nitrogens with zero attached hydrogens (tertiary/aromatic N) is 2. The normalized spacial score (nSPS) is 17.6. The Morgan fingerprint density at radius 3 is 2.47 bits per heavy atom. The van der Waals surface area contributed by atoms with Gasteiger partial charge in [0.2, 0.25) is 0 Å². The topological polar surface area (TPSA) is 79.7 Å². The maximum Gasteiger partial charge on any atom is 0.300 e. The molecule has 4 rings (SSSR count). The molecule has 1 atom stereocenters. The number of carbonyl (C=O) groups is 2. The van der Waals surface area contributed by atoms with Gasteiger partial charge in [-0.1, -0.05) is 18.2 Å². The van der Waals surface area contributed by atoms with Crippen molar-refractivity contribution in [3.63, 3.8) is 0 Å². The summed E-state index contributed by atoms with van der Waals surface area (Å²) in [7, 11) is 1.56. The molecule has 1 aromatic heterocycles. The molecule has 162 valence electrons. The fourth-order valence-electron chi connectivity index (χ4n) is 4.09. The Hall–Kier alpha value is -3.93. The first-order valence-electron chi connectivity index (χ1n) is 10.3. The fraction of sp³-hybridized carbons (Fsp3) is 0.192. The van der Waals surface area contributed by atoms with Crippen LogP contribution in [-0.2, 0) is 9.59 Å². The van der Waals surface area contributed by atoms with Gasteiger partial charge in [-0.05, 0) is 73.4 Å². The number of aliphatic hydroxyl groups is 1. The number of hydrogen-bond donors (Lipinski definition) is 1. The molecule has 0 aliphatic carbocycles. The lowest BCUT2D eigenvalue weighted by Crippen LogP contribution is -2.30. The molecule has 1 fully saturated rings.